The predicted molar refractivity (Wildman–Crippen MR) is 121 cm³/mol. The number of aromatic nitrogens is 2. The molecule has 0 bridgehead atoms. The molecule has 3 aromatic rings. The summed E-state index contributed by atoms with van der Waals surface area (Å²) >= 11 is 0. The highest BCUT2D eigenvalue weighted by Gasteiger charge is 2.28. The Labute approximate surface area is 182 Å². The van der Waals surface area contributed by atoms with Crippen molar-refractivity contribution in [1.82, 2.24) is 9.78 Å². The van der Waals surface area contributed by atoms with Crippen molar-refractivity contribution in [3.05, 3.63) is 83.2 Å². The minimum atomic E-state index is -0.468. The molecule has 1 aliphatic rings. The van der Waals surface area contributed by atoms with Crippen LogP contribution in [0.3, 0.4) is 0 Å². The third-order valence-electron chi connectivity index (χ3n) is 5.70. The van der Waals surface area contributed by atoms with Gasteiger partial charge in [-0.3, -0.25) is 5.32 Å². The van der Waals surface area contributed by atoms with Crippen LogP contribution < -0.4 is 10.1 Å². The Morgan fingerprint density at radius 2 is 1.81 bits per heavy atom. The highest BCUT2D eigenvalue weighted by Crippen LogP contribution is 2.35. The Kier molecular flexibility index (Phi) is 5.80. The first kappa shape index (κ1) is 20.7. The normalized spacial score (nSPS) is 17.5. The number of amides is 1. The third-order valence-corrected chi connectivity index (χ3v) is 5.70. The van der Waals surface area contributed by atoms with E-state index < -0.39 is 6.09 Å². The number of hydrogen-bond acceptors (Lipinski definition) is 4. The molecule has 1 aromatic heterocycles. The molecular formula is C25H27N3O3. The Balaban J connectivity index is 1.43. The number of benzene rings is 2. The maximum Gasteiger partial charge on any atom is 0.412 e. The predicted octanol–water partition coefficient (Wildman–Crippen LogP) is 5.47. The molecule has 0 spiro atoms. The van der Waals surface area contributed by atoms with Gasteiger partial charge in [-0.1, -0.05) is 24.3 Å². The van der Waals surface area contributed by atoms with Gasteiger partial charge in [0, 0.05) is 22.9 Å². The summed E-state index contributed by atoms with van der Waals surface area (Å²) in [5.74, 6) is 0.897. The molecule has 0 unspecified atom stereocenters. The second kappa shape index (κ2) is 8.68. The summed E-state index contributed by atoms with van der Waals surface area (Å²) in [6, 6.07) is 15.4. The van der Waals surface area contributed by atoms with E-state index in [0.29, 0.717) is 12.1 Å². The lowest BCUT2D eigenvalue weighted by Gasteiger charge is -2.15. The lowest BCUT2D eigenvalue weighted by atomic mass is 9.96. The van der Waals surface area contributed by atoms with Crippen LogP contribution in [0.4, 0.5) is 10.5 Å². The fourth-order valence-electron chi connectivity index (χ4n) is 4.15. The Hall–Kier alpha value is -3.54. The Morgan fingerprint density at radius 1 is 1.06 bits per heavy atom. The summed E-state index contributed by atoms with van der Waals surface area (Å²) in [5.41, 5.74) is 6.24. The first-order valence-corrected chi connectivity index (χ1v) is 10.4. The summed E-state index contributed by atoms with van der Waals surface area (Å²) in [4.78, 5) is 12.3. The van der Waals surface area contributed by atoms with E-state index in [0.717, 1.165) is 22.8 Å². The quantitative estimate of drug-likeness (QED) is 0.559. The van der Waals surface area contributed by atoms with E-state index in [-0.39, 0.29) is 12.0 Å². The lowest BCUT2D eigenvalue weighted by Crippen LogP contribution is -2.20. The van der Waals surface area contributed by atoms with Crippen molar-refractivity contribution in [2.24, 2.45) is 0 Å². The van der Waals surface area contributed by atoms with Crippen LogP contribution in [0.15, 0.2) is 60.7 Å². The summed E-state index contributed by atoms with van der Waals surface area (Å²) < 4.78 is 12.8. The van der Waals surface area contributed by atoms with E-state index in [9.17, 15) is 4.79 Å². The molecule has 1 N–H and O–H groups in total. The molecule has 1 amide bonds. The molecule has 1 heterocycles. The smallest absolute Gasteiger partial charge is 0.412 e. The minimum Gasteiger partial charge on any atom is -0.497 e. The van der Waals surface area contributed by atoms with Crippen molar-refractivity contribution in [2.75, 3.05) is 12.4 Å². The molecule has 0 radical (unpaired) electrons. The standard InChI is InChI=1S/C25H27N3O3/c1-16-7-5-6-8-23(16)28-18(3)24(17(2)27-28)19-9-12-22(15-19)31-25(29)26-20-10-13-21(30-4)14-11-20/h5-14,19,22H,15H2,1-4H3,(H,26,29)/t19-,22+/m0/s1. The van der Waals surface area contributed by atoms with Crippen LogP contribution in [0.1, 0.15) is 34.9 Å². The van der Waals surface area contributed by atoms with Crippen LogP contribution in [0.25, 0.3) is 5.69 Å². The van der Waals surface area contributed by atoms with Crippen molar-refractivity contribution in [2.45, 2.75) is 39.2 Å². The second-order valence-corrected chi connectivity index (χ2v) is 7.81. The van der Waals surface area contributed by atoms with Crippen molar-refractivity contribution >= 4 is 11.8 Å². The summed E-state index contributed by atoms with van der Waals surface area (Å²) in [6.07, 6.45) is 4.04. The van der Waals surface area contributed by atoms with Gasteiger partial charge in [0.05, 0.1) is 18.5 Å². The molecule has 0 aliphatic heterocycles. The molecule has 2 aromatic carbocycles. The number of allylic oxidation sites excluding steroid dienone is 1. The van der Waals surface area contributed by atoms with Crippen molar-refractivity contribution < 1.29 is 14.3 Å². The highest BCUT2D eigenvalue weighted by atomic mass is 16.6. The SMILES string of the molecule is COc1ccc(NC(=O)O[C@@H]2C=C[C@H](c3c(C)nn(-c4ccccc4C)c3C)C2)cc1. The minimum absolute atomic E-state index is 0.163. The van der Waals surface area contributed by atoms with E-state index in [1.807, 2.05) is 29.8 Å². The van der Waals surface area contributed by atoms with Gasteiger partial charge in [0.2, 0.25) is 0 Å². The Bertz CT molecular complexity index is 1120. The number of aryl methyl sites for hydroxylation is 2. The van der Waals surface area contributed by atoms with Gasteiger partial charge in [0.15, 0.2) is 0 Å². The zero-order valence-electron chi connectivity index (χ0n) is 18.3. The van der Waals surface area contributed by atoms with Crippen LogP contribution in [0.5, 0.6) is 5.75 Å². The summed E-state index contributed by atoms with van der Waals surface area (Å²) in [6.45, 7) is 6.22. The van der Waals surface area contributed by atoms with Crippen LogP contribution in [0, 0.1) is 20.8 Å². The first-order valence-electron chi connectivity index (χ1n) is 10.4. The van der Waals surface area contributed by atoms with Crippen LogP contribution >= 0.6 is 0 Å². The molecule has 160 valence electrons. The number of methoxy groups -OCH3 is 1. The number of anilines is 1. The largest absolute Gasteiger partial charge is 0.497 e. The van der Waals surface area contributed by atoms with Gasteiger partial charge in [0.25, 0.3) is 0 Å². The van der Waals surface area contributed by atoms with E-state index in [2.05, 4.69) is 37.4 Å². The van der Waals surface area contributed by atoms with Crippen LogP contribution in [-0.2, 0) is 4.74 Å². The molecule has 2 atom stereocenters. The van der Waals surface area contributed by atoms with Gasteiger partial charge < -0.3 is 9.47 Å². The van der Waals surface area contributed by atoms with Crippen molar-refractivity contribution in [3.63, 3.8) is 0 Å². The van der Waals surface area contributed by atoms with E-state index >= 15 is 0 Å². The van der Waals surface area contributed by atoms with Crippen molar-refractivity contribution in [1.29, 1.82) is 0 Å². The molecule has 4 rings (SSSR count). The molecule has 1 aliphatic carbocycles. The zero-order valence-corrected chi connectivity index (χ0v) is 18.3. The van der Waals surface area contributed by atoms with Gasteiger partial charge in [-0.25, -0.2) is 9.48 Å². The number of carbonyl (C=O) groups excluding carboxylic acids is 1. The molecule has 6 heteroatoms. The maximum atomic E-state index is 12.3. The zero-order chi connectivity index (χ0) is 22.0. The topological polar surface area (TPSA) is 65.4 Å². The maximum absolute atomic E-state index is 12.3. The fraction of sp³-hybridized carbons (Fsp3) is 0.280. The monoisotopic (exact) mass is 417 g/mol. The fourth-order valence-corrected chi connectivity index (χ4v) is 4.15. The van der Waals surface area contributed by atoms with Gasteiger partial charge in [-0.2, -0.15) is 5.10 Å². The van der Waals surface area contributed by atoms with Gasteiger partial charge in [0.1, 0.15) is 11.9 Å². The molecular weight excluding hydrogens is 390 g/mol. The number of rotatable bonds is 5. The Morgan fingerprint density at radius 3 is 2.52 bits per heavy atom. The summed E-state index contributed by atoms with van der Waals surface area (Å²) in [5, 5.41) is 7.56. The average molecular weight is 418 g/mol. The van der Waals surface area contributed by atoms with E-state index in [1.165, 1.54) is 11.1 Å². The molecule has 0 fully saturated rings. The number of ether oxygens (including phenoxy) is 2. The number of nitrogens with zero attached hydrogens (tertiary/aromatic N) is 2. The first-order chi connectivity index (χ1) is 15.0. The molecule has 31 heavy (non-hydrogen) atoms. The number of para-hydroxylation sites is 1. The van der Waals surface area contributed by atoms with E-state index in [1.54, 1.807) is 31.4 Å². The van der Waals surface area contributed by atoms with E-state index in [4.69, 9.17) is 14.6 Å². The number of carbonyl (C=O) groups is 1. The second-order valence-electron chi connectivity index (χ2n) is 7.81. The number of hydrogen-bond donors (Lipinski definition) is 1. The highest BCUT2D eigenvalue weighted by molar-refractivity contribution is 5.84. The number of nitrogens with one attached hydrogen (secondary N) is 1. The lowest BCUT2D eigenvalue weighted by molar-refractivity contribution is 0.132. The van der Waals surface area contributed by atoms with Gasteiger partial charge in [-0.05, 0) is 69.2 Å². The van der Waals surface area contributed by atoms with Crippen molar-refractivity contribution in [3.8, 4) is 11.4 Å². The van der Waals surface area contributed by atoms with Crippen LogP contribution in [0.2, 0.25) is 0 Å². The molecule has 0 saturated heterocycles. The molecule has 0 saturated carbocycles. The van der Waals surface area contributed by atoms with Gasteiger partial charge >= 0.3 is 6.09 Å². The average Bonchev–Trinajstić information content (AvgIpc) is 3.32. The summed E-state index contributed by atoms with van der Waals surface area (Å²) in [7, 11) is 1.60. The third kappa shape index (κ3) is 4.33. The van der Waals surface area contributed by atoms with Gasteiger partial charge in [-0.15, -0.1) is 0 Å². The molecule has 6 nitrogen and oxygen atoms in total. The van der Waals surface area contributed by atoms with Crippen LogP contribution in [-0.4, -0.2) is 29.1 Å².